The summed E-state index contributed by atoms with van der Waals surface area (Å²) in [6.45, 7) is 4.32. The Hall–Kier alpha value is -0.460. The average molecular weight is 126 g/mol. The van der Waals surface area contributed by atoms with E-state index in [0.29, 0.717) is 17.6 Å². The predicted octanol–water partition coefficient (Wildman–Crippen LogP) is 2.49. The molecule has 0 radical (unpaired) electrons. The Bertz CT molecular complexity index is 127. The Morgan fingerprint density at radius 2 is 2.22 bits per heavy atom. The van der Waals surface area contributed by atoms with Crippen LogP contribution in [0.2, 0.25) is 0 Å². The Labute approximate surface area is 56.4 Å². The molecule has 0 aromatic carbocycles. The molecule has 0 spiro atoms. The van der Waals surface area contributed by atoms with Crippen molar-refractivity contribution in [2.45, 2.75) is 26.7 Å². The molecule has 0 amide bonds. The Kier molecular flexibility index (Phi) is 1.79. The van der Waals surface area contributed by atoms with Gasteiger partial charge in [-0.1, -0.05) is 13.8 Å². The second-order valence-electron chi connectivity index (χ2n) is 3.18. The molecule has 0 saturated carbocycles. The Morgan fingerprint density at radius 3 is 2.67 bits per heavy atom. The van der Waals surface area contributed by atoms with Crippen LogP contribution < -0.4 is 0 Å². The van der Waals surface area contributed by atoms with E-state index >= 15 is 0 Å². The quantitative estimate of drug-likeness (QED) is 0.528. The molecule has 0 saturated heterocycles. The fourth-order valence-electron chi connectivity index (χ4n) is 1.54. The van der Waals surface area contributed by atoms with Crippen LogP contribution in [-0.4, -0.2) is 5.11 Å². The lowest BCUT2D eigenvalue weighted by Gasteiger charge is -2.19. The first-order valence-corrected chi connectivity index (χ1v) is 3.58. The molecule has 0 heterocycles. The number of rotatable bonds is 0. The minimum atomic E-state index is 0.578. The van der Waals surface area contributed by atoms with Crippen molar-refractivity contribution in [3.8, 4) is 0 Å². The van der Waals surface area contributed by atoms with Gasteiger partial charge in [-0.3, -0.25) is 0 Å². The average Bonchev–Trinajstić information content (AvgIpc) is 1.59. The van der Waals surface area contributed by atoms with Crippen molar-refractivity contribution in [1.82, 2.24) is 0 Å². The molecule has 1 rings (SSSR count). The lowest BCUT2D eigenvalue weighted by molar-refractivity contribution is 0.308. The van der Waals surface area contributed by atoms with Crippen molar-refractivity contribution >= 4 is 0 Å². The first-order valence-electron chi connectivity index (χ1n) is 3.58. The lowest BCUT2D eigenvalue weighted by atomic mass is 9.88. The van der Waals surface area contributed by atoms with Crippen LogP contribution in [0.4, 0.5) is 0 Å². The number of aliphatic hydroxyl groups is 1. The molecule has 9 heavy (non-hydrogen) atoms. The predicted molar refractivity (Wildman–Crippen MR) is 38.3 cm³/mol. The molecule has 0 unspecified atom stereocenters. The molecule has 52 valence electrons. The zero-order chi connectivity index (χ0) is 6.85. The number of hydrogen-bond acceptors (Lipinski definition) is 1. The molecule has 0 aliphatic heterocycles. The third-order valence-electron chi connectivity index (χ3n) is 1.81. The molecule has 0 bridgehead atoms. The zero-order valence-corrected chi connectivity index (χ0v) is 6.09. The maximum Gasteiger partial charge on any atom is 0.0888 e. The van der Waals surface area contributed by atoms with Gasteiger partial charge in [-0.05, 0) is 24.3 Å². The molecular weight excluding hydrogens is 112 g/mol. The van der Waals surface area contributed by atoms with E-state index in [-0.39, 0.29) is 0 Å². The summed E-state index contributed by atoms with van der Waals surface area (Å²) in [5.74, 6) is 1.83. The van der Waals surface area contributed by atoms with E-state index in [0.717, 1.165) is 6.42 Å². The van der Waals surface area contributed by atoms with Gasteiger partial charge < -0.3 is 5.11 Å². The van der Waals surface area contributed by atoms with E-state index in [4.69, 9.17) is 5.11 Å². The maximum absolute atomic E-state index is 9.11. The second kappa shape index (κ2) is 2.42. The van der Waals surface area contributed by atoms with E-state index in [1.54, 1.807) is 0 Å². The molecule has 0 aromatic heterocycles. The monoisotopic (exact) mass is 126 g/mol. The van der Waals surface area contributed by atoms with Crippen molar-refractivity contribution in [1.29, 1.82) is 0 Å². The van der Waals surface area contributed by atoms with Crippen molar-refractivity contribution in [3.05, 3.63) is 11.8 Å². The van der Waals surface area contributed by atoms with Crippen LogP contribution >= 0.6 is 0 Å². The van der Waals surface area contributed by atoms with E-state index in [9.17, 15) is 0 Å². The van der Waals surface area contributed by atoms with Crippen LogP contribution in [0.1, 0.15) is 26.7 Å². The smallest absolute Gasteiger partial charge is 0.0888 e. The molecule has 1 N–H and O–H groups in total. The summed E-state index contributed by atoms with van der Waals surface area (Å²) in [7, 11) is 0. The summed E-state index contributed by atoms with van der Waals surface area (Å²) in [5, 5.41) is 9.11. The lowest BCUT2D eigenvalue weighted by Crippen LogP contribution is -2.08. The number of aliphatic hydroxyl groups excluding tert-OH is 1. The molecular formula is C8H14O. The highest BCUT2D eigenvalue weighted by atomic mass is 16.3. The van der Waals surface area contributed by atoms with Crippen molar-refractivity contribution < 1.29 is 5.11 Å². The zero-order valence-electron chi connectivity index (χ0n) is 6.09. The third kappa shape index (κ3) is 1.74. The van der Waals surface area contributed by atoms with Crippen LogP contribution in [0.5, 0.6) is 0 Å². The molecule has 1 nitrogen and oxygen atoms in total. The van der Waals surface area contributed by atoms with Gasteiger partial charge in [0.25, 0.3) is 0 Å². The van der Waals surface area contributed by atoms with Gasteiger partial charge in [-0.2, -0.15) is 0 Å². The third-order valence-corrected chi connectivity index (χ3v) is 1.81. The number of allylic oxidation sites excluding steroid dienone is 2. The van der Waals surface area contributed by atoms with Crippen LogP contribution in [0.25, 0.3) is 0 Å². The summed E-state index contributed by atoms with van der Waals surface area (Å²) in [4.78, 5) is 0. The molecule has 0 aromatic rings. The maximum atomic E-state index is 9.11. The van der Waals surface area contributed by atoms with Gasteiger partial charge in [0.2, 0.25) is 0 Å². The van der Waals surface area contributed by atoms with Gasteiger partial charge >= 0.3 is 0 Å². The van der Waals surface area contributed by atoms with Crippen molar-refractivity contribution in [2.24, 2.45) is 11.8 Å². The molecule has 1 aliphatic carbocycles. The highest BCUT2D eigenvalue weighted by molar-refractivity contribution is 4.99. The largest absolute Gasteiger partial charge is 0.513 e. The number of hydrogen-bond donors (Lipinski definition) is 1. The van der Waals surface area contributed by atoms with Gasteiger partial charge in [0, 0.05) is 6.42 Å². The Morgan fingerprint density at radius 1 is 1.56 bits per heavy atom. The van der Waals surface area contributed by atoms with Gasteiger partial charge in [0.05, 0.1) is 5.76 Å². The van der Waals surface area contributed by atoms with Crippen LogP contribution in [0.15, 0.2) is 11.8 Å². The summed E-state index contributed by atoms with van der Waals surface area (Å²) >= 11 is 0. The van der Waals surface area contributed by atoms with Gasteiger partial charge in [0.15, 0.2) is 0 Å². The van der Waals surface area contributed by atoms with E-state index < -0.39 is 0 Å². The van der Waals surface area contributed by atoms with Crippen molar-refractivity contribution in [3.63, 3.8) is 0 Å². The molecule has 2 atom stereocenters. The van der Waals surface area contributed by atoms with E-state index in [1.165, 1.54) is 6.42 Å². The highest BCUT2D eigenvalue weighted by Crippen LogP contribution is 2.25. The molecule has 0 fully saturated rings. The van der Waals surface area contributed by atoms with E-state index in [1.807, 2.05) is 6.08 Å². The Balaban J connectivity index is 2.56. The first kappa shape index (κ1) is 6.66. The summed E-state index contributed by atoms with van der Waals surface area (Å²) < 4.78 is 0. The topological polar surface area (TPSA) is 20.2 Å². The second-order valence-corrected chi connectivity index (χ2v) is 3.18. The normalized spacial score (nSPS) is 36.0. The minimum Gasteiger partial charge on any atom is -0.513 e. The molecule has 1 aliphatic rings. The minimum absolute atomic E-state index is 0.578. The van der Waals surface area contributed by atoms with Crippen LogP contribution in [0, 0.1) is 11.8 Å². The first-order chi connectivity index (χ1) is 4.18. The van der Waals surface area contributed by atoms with Gasteiger partial charge in [0.1, 0.15) is 0 Å². The van der Waals surface area contributed by atoms with Crippen LogP contribution in [0.3, 0.4) is 0 Å². The van der Waals surface area contributed by atoms with Gasteiger partial charge in [-0.25, -0.2) is 0 Å². The summed E-state index contributed by atoms with van der Waals surface area (Å²) in [6.07, 6.45) is 4.06. The van der Waals surface area contributed by atoms with E-state index in [2.05, 4.69) is 13.8 Å². The molecule has 1 heteroatoms. The highest BCUT2D eigenvalue weighted by Gasteiger charge is 2.14. The standard InChI is InChI=1S/C8H14O/c1-6-3-7(2)5-8(9)4-6/h4,6-7,9H,3,5H2,1-2H3/t6-,7+/m1/s1. The van der Waals surface area contributed by atoms with Crippen molar-refractivity contribution in [2.75, 3.05) is 0 Å². The van der Waals surface area contributed by atoms with Crippen LogP contribution in [-0.2, 0) is 0 Å². The van der Waals surface area contributed by atoms with Gasteiger partial charge in [-0.15, -0.1) is 0 Å². The summed E-state index contributed by atoms with van der Waals surface area (Å²) in [6, 6.07) is 0. The SMILES string of the molecule is C[C@@H]1CC(O)=C[C@H](C)C1. The summed E-state index contributed by atoms with van der Waals surface area (Å²) in [5.41, 5.74) is 0. The fraction of sp³-hybridized carbons (Fsp3) is 0.750. The fourth-order valence-corrected chi connectivity index (χ4v) is 1.54.